The second-order valence-electron chi connectivity index (χ2n) is 10.3. The Morgan fingerprint density at radius 1 is 1.07 bits per heavy atom. The first-order valence-corrected chi connectivity index (χ1v) is 15.2. The Hall–Kier alpha value is -2.78. The Balaban J connectivity index is 1.60. The third-order valence-electron chi connectivity index (χ3n) is 7.34. The molecule has 1 saturated heterocycles. The molecule has 1 N–H and O–H groups in total. The van der Waals surface area contributed by atoms with Crippen LogP contribution >= 0.6 is 35.1 Å². The lowest BCUT2D eigenvalue weighted by Crippen LogP contribution is -2.57. The van der Waals surface area contributed by atoms with Crippen LogP contribution in [-0.2, 0) is 14.3 Å². The van der Waals surface area contributed by atoms with Gasteiger partial charge in [0.2, 0.25) is 0 Å². The minimum absolute atomic E-state index is 0.335. The molecule has 216 valence electrons. The van der Waals surface area contributed by atoms with Crippen LogP contribution in [-0.4, -0.2) is 45.8 Å². The Morgan fingerprint density at radius 2 is 1.80 bits per heavy atom. The van der Waals surface area contributed by atoms with Gasteiger partial charge in [0, 0.05) is 15.3 Å². The monoisotopic (exact) mass is 616 g/mol. The second kappa shape index (κ2) is 13.0. The van der Waals surface area contributed by atoms with Crippen LogP contribution in [0.15, 0.2) is 72.8 Å². The fourth-order valence-electron chi connectivity index (χ4n) is 5.21. The van der Waals surface area contributed by atoms with Gasteiger partial charge in [-0.1, -0.05) is 66.5 Å². The maximum atomic E-state index is 15.0. The molecule has 0 aromatic heterocycles. The number of hydrogen-bond donors (Lipinski definition) is 1. The van der Waals surface area contributed by atoms with Crippen LogP contribution < -0.4 is 4.31 Å². The SMILES string of the molecule is CCC(CN(SC1CC1)c1ccccc1F)N1C(=O)C(CC(=O)O)OC(c2cccc(Cl)c2)C1c1ccc(Cl)cc1. The predicted molar refractivity (Wildman–Crippen MR) is 161 cm³/mol. The highest BCUT2D eigenvalue weighted by molar-refractivity contribution is 8.01. The zero-order chi connectivity index (χ0) is 29.1. The number of ether oxygens (including phenoxy) is 1. The summed E-state index contributed by atoms with van der Waals surface area (Å²) in [7, 11) is 0. The van der Waals surface area contributed by atoms with Crippen molar-refractivity contribution in [3.05, 3.63) is 99.8 Å². The Morgan fingerprint density at radius 3 is 2.44 bits per heavy atom. The van der Waals surface area contributed by atoms with Crippen molar-refractivity contribution < 1.29 is 23.8 Å². The van der Waals surface area contributed by atoms with Gasteiger partial charge in [0.15, 0.2) is 0 Å². The van der Waals surface area contributed by atoms with Gasteiger partial charge in [0.25, 0.3) is 5.91 Å². The molecule has 10 heteroatoms. The number of carboxylic acids is 1. The Kier molecular flexibility index (Phi) is 9.44. The number of para-hydroxylation sites is 1. The van der Waals surface area contributed by atoms with E-state index < -0.39 is 42.6 Å². The van der Waals surface area contributed by atoms with E-state index in [1.165, 1.54) is 6.07 Å². The van der Waals surface area contributed by atoms with Crippen molar-refractivity contribution in [1.29, 1.82) is 0 Å². The molecule has 1 amide bonds. The summed E-state index contributed by atoms with van der Waals surface area (Å²) in [5, 5.41) is 11.1. The largest absolute Gasteiger partial charge is 0.481 e. The van der Waals surface area contributed by atoms with Crippen LogP contribution in [0.2, 0.25) is 10.0 Å². The molecule has 1 heterocycles. The number of hydrogen-bond acceptors (Lipinski definition) is 5. The number of nitrogens with zero attached hydrogens (tertiary/aromatic N) is 2. The van der Waals surface area contributed by atoms with Crippen LogP contribution in [0.3, 0.4) is 0 Å². The summed E-state index contributed by atoms with van der Waals surface area (Å²) in [5.74, 6) is -1.88. The molecular formula is C31H31Cl2FN2O4S. The minimum Gasteiger partial charge on any atom is -0.481 e. The van der Waals surface area contributed by atoms with Crippen LogP contribution in [0.25, 0.3) is 0 Å². The molecule has 6 nitrogen and oxygen atoms in total. The molecule has 3 aromatic carbocycles. The molecule has 0 bridgehead atoms. The van der Waals surface area contributed by atoms with Crippen LogP contribution in [0.4, 0.5) is 10.1 Å². The van der Waals surface area contributed by atoms with Crippen molar-refractivity contribution in [1.82, 2.24) is 4.90 Å². The fourth-order valence-corrected chi connectivity index (χ4v) is 6.76. The van der Waals surface area contributed by atoms with Crippen LogP contribution in [0, 0.1) is 5.82 Å². The van der Waals surface area contributed by atoms with Crippen molar-refractivity contribution in [3.63, 3.8) is 0 Å². The quantitative estimate of drug-likeness (QED) is 0.222. The molecule has 2 aliphatic rings. The van der Waals surface area contributed by atoms with E-state index in [-0.39, 0.29) is 5.82 Å². The van der Waals surface area contributed by atoms with E-state index in [1.807, 2.05) is 29.4 Å². The Labute approximate surface area is 253 Å². The number of aliphatic carboxylic acids is 1. The zero-order valence-electron chi connectivity index (χ0n) is 22.5. The molecule has 1 saturated carbocycles. The lowest BCUT2D eigenvalue weighted by Gasteiger charge is -2.48. The number of halogens is 3. The Bertz CT molecular complexity index is 1390. The molecule has 3 aromatic rings. The van der Waals surface area contributed by atoms with Crippen molar-refractivity contribution in [2.45, 2.75) is 62.1 Å². The number of rotatable bonds is 11. The maximum Gasteiger partial charge on any atom is 0.306 e. The highest BCUT2D eigenvalue weighted by atomic mass is 35.5. The third kappa shape index (κ3) is 7.00. The maximum absolute atomic E-state index is 15.0. The first-order valence-electron chi connectivity index (χ1n) is 13.6. The normalized spacial score (nSPS) is 21.5. The predicted octanol–water partition coefficient (Wildman–Crippen LogP) is 7.71. The van der Waals surface area contributed by atoms with Gasteiger partial charge >= 0.3 is 5.97 Å². The van der Waals surface area contributed by atoms with Crippen molar-refractivity contribution in [2.24, 2.45) is 0 Å². The summed E-state index contributed by atoms with van der Waals surface area (Å²) in [6.45, 7) is 2.32. The molecule has 4 atom stereocenters. The van der Waals surface area contributed by atoms with E-state index in [0.29, 0.717) is 33.9 Å². The molecule has 5 rings (SSSR count). The standard InChI is InChI=1S/C31H31Cl2FN2O4S/c1-2-23(18-35(41-24-14-15-24)26-9-4-3-8-25(26)34)36-29(19-10-12-21(32)13-11-19)30(20-6-5-7-22(33)16-20)40-27(31(36)39)17-28(37)38/h3-13,16,23-24,27,29-30H,2,14-15,17-18H2,1H3,(H,37,38). The number of carboxylic acid groups (broad SMARTS) is 1. The van der Waals surface area contributed by atoms with Crippen molar-refractivity contribution in [2.75, 3.05) is 10.8 Å². The molecule has 1 aliphatic heterocycles. The van der Waals surface area contributed by atoms with Gasteiger partial charge in [-0.25, -0.2) is 4.39 Å². The van der Waals surface area contributed by atoms with Crippen LogP contribution in [0.5, 0.6) is 0 Å². The van der Waals surface area contributed by atoms with E-state index in [2.05, 4.69) is 0 Å². The lowest BCUT2D eigenvalue weighted by atomic mass is 9.89. The fraction of sp³-hybridized carbons (Fsp3) is 0.355. The second-order valence-corrected chi connectivity index (χ2v) is 12.5. The van der Waals surface area contributed by atoms with Crippen molar-refractivity contribution in [3.8, 4) is 0 Å². The molecule has 0 spiro atoms. The van der Waals surface area contributed by atoms with Gasteiger partial charge < -0.3 is 19.0 Å². The summed E-state index contributed by atoms with van der Waals surface area (Å²) >= 11 is 14.2. The zero-order valence-corrected chi connectivity index (χ0v) is 24.8. The van der Waals surface area contributed by atoms with Gasteiger partial charge in [0.05, 0.1) is 30.7 Å². The topological polar surface area (TPSA) is 70.1 Å². The average Bonchev–Trinajstić information content (AvgIpc) is 3.77. The summed E-state index contributed by atoms with van der Waals surface area (Å²) in [5.41, 5.74) is 1.96. The first kappa shape index (κ1) is 29.7. The van der Waals surface area contributed by atoms with Crippen LogP contribution in [0.1, 0.15) is 55.9 Å². The molecule has 0 radical (unpaired) electrons. The molecule has 4 unspecified atom stereocenters. The average molecular weight is 618 g/mol. The number of anilines is 1. The smallest absolute Gasteiger partial charge is 0.306 e. The summed E-state index contributed by atoms with van der Waals surface area (Å²) in [4.78, 5) is 27.8. The van der Waals surface area contributed by atoms with Gasteiger partial charge in [-0.3, -0.25) is 9.59 Å². The third-order valence-corrected chi connectivity index (χ3v) is 9.20. The van der Waals surface area contributed by atoms with E-state index in [1.54, 1.807) is 65.4 Å². The van der Waals surface area contributed by atoms with Gasteiger partial charge in [0.1, 0.15) is 18.0 Å². The van der Waals surface area contributed by atoms with Gasteiger partial charge in [-0.2, -0.15) is 0 Å². The number of benzene rings is 3. The molecule has 1 aliphatic carbocycles. The van der Waals surface area contributed by atoms with Gasteiger partial charge in [-0.05, 0) is 78.7 Å². The van der Waals surface area contributed by atoms with Gasteiger partial charge in [-0.15, -0.1) is 0 Å². The molecule has 2 fully saturated rings. The highest BCUT2D eigenvalue weighted by Crippen LogP contribution is 2.46. The summed E-state index contributed by atoms with van der Waals surface area (Å²) in [6.07, 6.45) is 0.260. The first-order chi connectivity index (χ1) is 19.7. The summed E-state index contributed by atoms with van der Waals surface area (Å²) < 4.78 is 23.3. The van der Waals surface area contributed by atoms with E-state index in [0.717, 1.165) is 24.0 Å². The molecule has 41 heavy (non-hydrogen) atoms. The number of amides is 1. The lowest BCUT2D eigenvalue weighted by molar-refractivity contribution is -0.183. The number of morpholine rings is 1. The summed E-state index contributed by atoms with van der Waals surface area (Å²) in [6, 6.07) is 20.0. The highest BCUT2D eigenvalue weighted by Gasteiger charge is 2.47. The van der Waals surface area contributed by atoms with E-state index >= 15 is 4.39 Å². The molecular weight excluding hydrogens is 586 g/mol. The van der Waals surface area contributed by atoms with E-state index in [4.69, 9.17) is 27.9 Å². The van der Waals surface area contributed by atoms with E-state index in [9.17, 15) is 14.7 Å². The minimum atomic E-state index is -1.20. The number of carbonyl (C=O) groups excluding carboxylic acids is 1. The number of carbonyl (C=O) groups is 2. The van der Waals surface area contributed by atoms with Crippen molar-refractivity contribution >= 4 is 52.7 Å².